The Morgan fingerprint density at radius 2 is 2.00 bits per heavy atom. The van der Waals surface area contributed by atoms with Crippen LogP contribution < -0.4 is 4.72 Å². The number of fused-ring (bicyclic) bond motifs is 1. The Balaban J connectivity index is 2.47. The molecule has 0 fully saturated rings. The van der Waals surface area contributed by atoms with E-state index in [1.165, 1.54) is 0 Å². The molecule has 15 heavy (non-hydrogen) atoms. The van der Waals surface area contributed by atoms with Gasteiger partial charge in [-0.15, -0.1) is 0 Å². The highest BCUT2D eigenvalue weighted by molar-refractivity contribution is 7.92. The molecule has 1 aromatic carbocycles. The molecule has 1 aromatic heterocycles. The van der Waals surface area contributed by atoms with Gasteiger partial charge in [-0.2, -0.15) is 0 Å². The van der Waals surface area contributed by atoms with Crippen LogP contribution in [0.5, 0.6) is 0 Å². The largest absolute Gasteiger partial charge is 0.461 e. The summed E-state index contributed by atoms with van der Waals surface area (Å²) in [5.41, 5.74) is 1.30. The van der Waals surface area contributed by atoms with Gasteiger partial charge in [0.2, 0.25) is 10.0 Å². The Morgan fingerprint density at radius 3 is 2.67 bits per heavy atom. The highest BCUT2D eigenvalue weighted by Gasteiger charge is 2.04. The first-order valence-corrected chi connectivity index (χ1v) is 6.31. The molecule has 0 atom stereocenters. The van der Waals surface area contributed by atoms with E-state index in [0.717, 1.165) is 23.0 Å². The van der Waals surface area contributed by atoms with E-state index in [-0.39, 0.29) is 0 Å². The van der Waals surface area contributed by atoms with E-state index in [0.29, 0.717) is 5.69 Å². The van der Waals surface area contributed by atoms with Gasteiger partial charge in [-0.1, -0.05) is 0 Å². The van der Waals surface area contributed by atoms with Crippen molar-refractivity contribution in [3.8, 4) is 0 Å². The van der Waals surface area contributed by atoms with E-state index in [1.807, 2.05) is 13.0 Å². The lowest BCUT2D eigenvalue weighted by molar-refractivity contribution is 0.578. The zero-order valence-corrected chi connectivity index (χ0v) is 9.26. The van der Waals surface area contributed by atoms with Gasteiger partial charge in [-0.05, 0) is 31.2 Å². The molecule has 0 saturated heterocycles. The Hall–Kier alpha value is -1.49. The van der Waals surface area contributed by atoms with Crippen molar-refractivity contribution >= 4 is 26.7 Å². The maximum absolute atomic E-state index is 11.0. The summed E-state index contributed by atoms with van der Waals surface area (Å²) in [6.07, 6.45) is 1.12. The van der Waals surface area contributed by atoms with Gasteiger partial charge in [-0.25, -0.2) is 8.42 Å². The Kier molecular flexibility index (Phi) is 2.19. The van der Waals surface area contributed by atoms with Crippen molar-refractivity contribution in [1.29, 1.82) is 0 Å². The number of aryl methyl sites for hydroxylation is 1. The van der Waals surface area contributed by atoms with Gasteiger partial charge >= 0.3 is 0 Å². The van der Waals surface area contributed by atoms with E-state index in [1.54, 1.807) is 18.2 Å². The zero-order chi connectivity index (χ0) is 11.1. The molecular formula is C10H11NO3S. The summed E-state index contributed by atoms with van der Waals surface area (Å²) >= 11 is 0. The van der Waals surface area contributed by atoms with E-state index in [4.69, 9.17) is 4.42 Å². The number of sulfonamides is 1. The quantitative estimate of drug-likeness (QED) is 0.851. The smallest absolute Gasteiger partial charge is 0.229 e. The molecule has 2 rings (SSSR count). The van der Waals surface area contributed by atoms with E-state index < -0.39 is 10.0 Å². The van der Waals surface area contributed by atoms with Gasteiger partial charge < -0.3 is 4.42 Å². The third kappa shape index (κ3) is 2.30. The van der Waals surface area contributed by atoms with Crippen molar-refractivity contribution in [3.05, 3.63) is 30.0 Å². The Morgan fingerprint density at radius 1 is 1.27 bits per heavy atom. The molecule has 1 N–H and O–H groups in total. The van der Waals surface area contributed by atoms with Crippen LogP contribution in [0.1, 0.15) is 5.76 Å². The number of furan rings is 1. The van der Waals surface area contributed by atoms with Crippen molar-refractivity contribution < 1.29 is 12.8 Å². The SMILES string of the molecule is Cc1cc2cc(NS(C)(=O)=O)ccc2o1. The Labute approximate surface area is 87.9 Å². The van der Waals surface area contributed by atoms with Gasteiger partial charge in [0.1, 0.15) is 11.3 Å². The van der Waals surface area contributed by atoms with Crippen LogP contribution in [0.25, 0.3) is 11.0 Å². The normalized spacial score (nSPS) is 11.9. The van der Waals surface area contributed by atoms with Crippen molar-refractivity contribution in [1.82, 2.24) is 0 Å². The molecule has 0 aliphatic heterocycles. The lowest BCUT2D eigenvalue weighted by Crippen LogP contribution is -2.09. The fourth-order valence-electron chi connectivity index (χ4n) is 1.45. The monoisotopic (exact) mass is 225 g/mol. The molecule has 1 heterocycles. The molecule has 0 unspecified atom stereocenters. The number of rotatable bonds is 2. The molecular weight excluding hydrogens is 214 g/mol. The summed E-state index contributed by atoms with van der Waals surface area (Å²) < 4.78 is 29.8. The molecule has 0 amide bonds. The maximum atomic E-state index is 11.0. The minimum absolute atomic E-state index is 0.547. The molecule has 5 heteroatoms. The fraction of sp³-hybridized carbons (Fsp3) is 0.200. The van der Waals surface area contributed by atoms with Crippen molar-refractivity contribution in [3.63, 3.8) is 0 Å². The van der Waals surface area contributed by atoms with E-state index >= 15 is 0 Å². The summed E-state index contributed by atoms with van der Waals surface area (Å²) in [6.45, 7) is 1.85. The first kappa shape index (κ1) is 10.0. The number of benzene rings is 1. The first-order valence-electron chi connectivity index (χ1n) is 4.42. The van der Waals surface area contributed by atoms with Crippen LogP contribution in [-0.4, -0.2) is 14.7 Å². The van der Waals surface area contributed by atoms with Crippen LogP contribution in [0.15, 0.2) is 28.7 Å². The lowest BCUT2D eigenvalue weighted by Gasteiger charge is -2.02. The Bertz CT molecular complexity index is 598. The molecule has 0 aliphatic carbocycles. The van der Waals surface area contributed by atoms with Crippen LogP contribution in [0.2, 0.25) is 0 Å². The minimum atomic E-state index is -3.22. The predicted molar refractivity (Wildman–Crippen MR) is 59.4 cm³/mol. The standard InChI is InChI=1S/C10H11NO3S/c1-7-5-8-6-9(11-15(2,12)13)3-4-10(8)14-7/h3-6,11H,1-2H3. The van der Waals surface area contributed by atoms with E-state index in [2.05, 4.69) is 4.72 Å². The zero-order valence-electron chi connectivity index (χ0n) is 8.44. The third-order valence-electron chi connectivity index (χ3n) is 1.94. The molecule has 4 nitrogen and oxygen atoms in total. The molecule has 0 aliphatic rings. The van der Waals surface area contributed by atoms with Crippen LogP contribution in [0, 0.1) is 6.92 Å². The molecule has 2 aromatic rings. The summed E-state index contributed by atoms with van der Waals surface area (Å²) in [5.74, 6) is 0.807. The average Bonchev–Trinajstić information content (AvgIpc) is 2.40. The van der Waals surface area contributed by atoms with Crippen molar-refractivity contribution in [2.24, 2.45) is 0 Å². The van der Waals surface area contributed by atoms with Crippen LogP contribution in [-0.2, 0) is 10.0 Å². The highest BCUT2D eigenvalue weighted by atomic mass is 32.2. The number of hydrogen-bond acceptors (Lipinski definition) is 3. The predicted octanol–water partition coefficient (Wildman–Crippen LogP) is 2.11. The third-order valence-corrected chi connectivity index (χ3v) is 2.55. The second kappa shape index (κ2) is 3.27. The molecule has 0 saturated carbocycles. The topological polar surface area (TPSA) is 59.3 Å². The van der Waals surface area contributed by atoms with Crippen LogP contribution >= 0.6 is 0 Å². The number of nitrogens with one attached hydrogen (secondary N) is 1. The summed E-state index contributed by atoms with van der Waals surface area (Å²) in [5, 5.41) is 0.890. The first-order chi connectivity index (χ1) is 6.94. The summed E-state index contributed by atoms with van der Waals surface area (Å²) in [4.78, 5) is 0. The molecule has 0 bridgehead atoms. The van der Waals surface area contributed by atoms with Gasteiger partial charge in [-0.3, -0.25) is 4.72 Å². The van der Waals surface area contributed by atoms with Gasteiger partial charge in [0, 0.05) is 11.1 Å². The molecule has 0 spiro atoms. The maximum Gasteiger partial charge on any atom is 0.229 e. The van der Waals surface area contributed by atoms with Gasteiger partial charge in [0.05, 0.1) is 6.26 Å². The lowest BCUT2D eigenvalue weighted by atomic mass is 10.2. The second-order valence-electron chi connectivity index (χ2n) is 3.48. The fourth-order valence-corrected chi connectivity index (χ4v) is 2.01. The van der Waals surface area contributed by atoms with Crippen LogP contribution in [0.3, 0.4) is 0 Å². The molecule has 0 radical (unpaired) electrons. The van der Waals surface area contributed by atoms with Crippen molar-refractivity contribution in [2.75, 3.05) is 11.0 Å². The summed E-state index contributed by atoms with van der Waals surface area (Å²) in [6, 6.07) is 7.03. The average molecular weight is 225 g/mol. The van der Waals surface area contributed by atoms with E-state index in [9.17, 15) is 8.42 Å². The van der Waals surface area contributed by atoms with Crippen LogP contribution in [0.4, 0.5) is 5.69 Å². The summed E-state index contributed by atoms with van der Waals surface area (Å²) in [7, 11) is -3.22. The molecule has 80 valence electrons. The van der Waals surface area contributed by atoms with Gasteiger partial charge in [0.25, 0.3) is 0 Å². The minimum Gasteiger partial charge on any atom is -0.461 e. The second-order valence-corrected chi connectivity index (χ2v) is 5.23. The number of anilines is 1. The van der Waals surface area contributed by atoms with Gasteiger partial charge in [0.15, 0.2) is 0 Å². The van der Waals surface area contributed by atoms with Crippen molar-refractivity contribution in [2.45, 2.75) is 6.92 Å². The highest BCUT2D eigenvalue weighted by Crippen LogP contribution is 2.22. The number of hydrogen-bond donors (Lipinski definition) is 1.